The van der Waals surface area contributed by atoms with Crippen molar-refractivity contribution >= 4 is 17.9 Å². The number of unbranched alkanes of at least 4 members (excludes halogenated alkanes) is 26. The highest BCUT2D eigenvalue weighted by molar-refractivity contribution is 5.71. The Hall–Kier alpha value is -1.59. The van der Waals surface area contributed by atoms with Gasteiger partial charge in [-0.15, -0.1) is 0 Å². The average Bonchev–Trinajstić information content (AvgIpc) is 3.15. The van der Waals surface area contributed by atoms with Gasteiger partial charge in [0.25, 0.3) is 0 Å². The van der Waals surface area contributed by atoms with Gasteiger partial charge in [-0.3, -0.25) is 14.4 Å². The molecule has 0 rings (SSSR count). The third-order valence-corrected chi connectivity index (χ3v) is 11.1. The molecular formula is C48H92O6. The normalized spacial score (nSPS) is 12.6. The van der Waals surface area contributed by atoms with Gasteiger partial charge in [-0.05, 0) is 31.1 Å². The van der Waals surface area contributed by atoms with Crippen LogP contribution in [0.4, 0.5) is 0 Å². The summed E-state index contributed by atoms with van der Waals surface area (Å²) in [5, 5.41) is 0. The summed E-state index contributed by atoms with van der Waals surface area (Å²) in [5.74, 6) is 0.797. The number of carbonyl (C=O) groups excluding carboxylic acids is 3. The number of hydrogen-bond donors (Lipinski definition) is 0. The molecule has 0 heterocycles. The Morgan fingerprint density at radius 1 is 0.389 bits per heavy atom. The second kappa shape index (κ2) is 41.1. The van der Waals surface area contributed by atoms with E-state index in [0.29, 0.717) is 19.3 Å². The molecule has 0 amide bonds. The van der Waals surface area contributed by atoms with E-state index < -0.39 is 6.10 Å². The molecule has 0 fully saturated rings. The lowest BCUT2D eigenvalue weighted by Gasteiger charge is -2.18. The Morgan fingerprint density at radius 3 is 1.06 bits per heavy atom. The smallest absolute Gasteiger partial charge is 0.306 e. The molecule has 6 heteroatoms. The third-order valence-electron chi connectivity index (χ3n) is 11.1. The second-order valence-electron chi connectivity index (χ2n) is 17.1. The van der Waals surface area contributed by atoms with Gasteiger partial charge in [-0.25, -0.2) is 0 Å². The highest BCUT2D eigenvalue weighted by atomic mass is 16.6. The van der Waals surface area contributed by atoms with E-state index in [9.17, 15) is 14.4 Å². The monoisotopic (exact) mass is 765 g/mol. The van der Waals surface area contributed by atoms with Gasteiger partial charge in [0.15, 0.2) is 6.10 Å². The van der Waals surface area contributed by atoms with Gasteiger partial charge in [-0.1, -0.05) is 221 Å². The maximum Gasteiger partial charge on any atom is 0.306 e. The standard InChI is InChI=1S/C48H92O6/c1-6-8-9-10-11-18-23-30-35-40-48(51)54-45(42-53-47(50)39-34-29-25-24-26-31-36-43(3)4)41-52-46(49)38-33-28-22-20-17-15-13-12-14-16-19-21-27-32-37-44(5)7-2/h43-45H,6-42H2,1-5H3/t44?,45-/m1/s1. The Morgan fingerprint density at radius 2 is 0.704 bits per heavy atom. The van der Waals surface area contributed by atoms with Crippen molar-refractivity contribution in [2.45, 2.75) is 265 Å². The van der Waals surface area contributed by atoms with E-state index in [-0.39, 0.29) is 31.1 Å². The highest BCUT2D eigenvalue weighted by Crippen LogP contribution is 2.17. The zero-order valence-corrected chi connectivity index (χ0v) is 36.8. The lowest BCUT2D eigenvalue weighted by molar-refractivity contribution is -0.167. The van der Waals surface area contributed by atoms with Crippen LogP contribution in [0.3, 0.4) is 0 Å². The molecule has 0 aliphatic heterocycles. The number of ether oxygens (including phenoxy) is 3. The van der Waals surface area contributed by atoms with Crippen LogP contribution in [-0.4, -0.2) is 37.2 Å². The predicted octanol–water partition coefficient (Wildman–Crippen LogP) is 15.0. The molecule has 0 N–H and O–H groups in total. The molecule has 0 saturated carbocycles. The van der Waals surface area contributed by atoms with Crippen LogP contribution in [-0.2, 0) is 28.6 Å². The summed E-state index contributed by atoms with van der Waals surface area (Å²) in [7, 11) is 0. The van der Waals surface area contributed by atoms with Crippen LogP contribution in [0, 0.1) is 11.8 Å². The zero-order valence-electron chi connectivity index (χ0n) is 36.8. The first-order valence-corrected chi connectivity index (χ1v) is 23.8. The van der Waals surface area contributed by atoms with Crippen molar-refractivity contribution in [2.24, 2.45) is 11.8 Å². The summed E-state index contributed by atoms with van der Waals surface area (Å²) >= 11 is 0. The van der Waals surface area contributed by atoms with Crippen LogP contribution in [0.15, 0.2) is 0 Å². The number of carbonyl (C=O) groups is 3. The van der Waals surface area contributed by atoms with Crippen molar-refractivity contribution < 1.29 is 28.6 Å². The first kappa shape index (κ1) is 52.4. The SMILES string of the molecule is CCCCCCCCCCCC(=O)O[C@H](COC(=O)CCCCCCCCCCCCCCCCC(C)CC)COC(=O)CCCCCCCCC(C)C. The van der Waals surface area contributed by atoms with Crippen LogP contribution in [0.25, 0.3) is 0 Å². The Kier molecular flexibility index (Phi) is 39.8. The summed E-state index contributed by atoms with van der Waals surface area (Å²) in [6.07, 6.45) is 39.6. The molecule has 0 aromatic rings. The Labute approximate surface area is 336 Å². The fourth-order valence-electron chi connectivity index (χ4n) is 7.07. The minimum atomic E-state index is -0.760. The minimum Gasteiger partial charge on any atom is -0.462 e. The molecule has 2 atom stereocenters. The van der Waals surface area contributed by atoms with E-state index in [1.54, 1.807) is 0 Å². The topological polar surface area (TPSA) is 78.9 Å². The Balaban J connectivity index is 4.21. The van der Waals surface area contributed by atoms with Gasteiger partial charge in [0, 0.05) is 19.3 Å². The van der Waals surface area contributed by atoms with Gasteiger partial charge in [0.05, 0.1) is 0 Å². The van der Waals surface area contributed by atoms with Crippen molar-refractivity contribution in [3.05, 3.63) is 0 Å². The van der Waals surface area contributed by atoms with Crippen molar-refractivity contribution in [3.8, 4) is 0 Å². The summed E-state index contributed by atoms with van der Waals surface area (Å²) in [5.41, 5.74) is 0. The lowest BCUT2D eigenvalue weighted by Crippen LogP contribution is -2.30. The van der Waals surface area contributed by atoms with Crippen molar-refractivity contribution in [1.29, 1.82) is 0 Å². The molecule has 0 aliphatic rings. The predicted molar refractivity (Wildman–Crippen MR) is 229 cm³/mol. The molecule has 54 heavy (non-hydrogen) atoms. The largest absolute Gasteiger partial charge is 0.462 e. The van der Waals surface area contributed by atoms with Crippen molar-refractivity contribution in [2.75, 3.05) is 13.2 Å². The minimum absolute atomic E-state index is 0.0653. The molecule has 0 aliphatic carbocycles. The zero-order chi connectivity index (χ0) is 39.7. The van der Waals surface area contributed by atoms with Crippen molar-refractivity contribution in [3.63, 3.8) is 0 Å². The van der Waals surface area contributed by atoms with E-state index in [1.165, 1.54) is 148 Å². The van der Waals surface area contributed by atoms with Gasteiger partial charge in [0.1, 0.15) is 13.2 Å². The van der Waals surface area contributed by atoms with Crippen molar-refractivity contribution in [1.82, 2.24) is 0 Å². The van der Waals surface area contributed by atoms with Gasteiger partial charge in [0.2, 0.25) is 0 Å². The van der Waals surface area contributed by atoms with Gasteiger partial charge >= 0.3 is 17.9 Å². The quantitative estimate of drug-likeness (QED) is 0.0350. The molecule has 0 aromatic carbocycles. The number of rotatable bonds is 42. The van der Waals surface area contributed by atoms with Crippen LogP contribution in [0.5, 0.6) is 0 Å². The molecule has 0 radical (unpaired) electrons. The number of esters is 3. The average molecular weight is 765 g/mol. The fourth-order valence-corrected chi connectivity index (χ4v) is 7.07. The van der Waals surface area contributed by atoms with Gasteiger partial charge in [-0.2, -0.15) is 0 Å². The summed E-state index contributed by atoms with van der Waals surface area (Å²) in [4.78, 5) is 37.6. The van der Waals surface area contributed by atoms with Gasteiger partial charge < -0.3 is 14.2 Å². The van der Waals surface area contributed by atoms with E-state index in [1.807, 2.05) is 0 Å². The summed E-state index contributed by atoms with van der Waals surface area (Å²) < 4.78 is 16.7. The van der Waals surface area contributed by atoms with E-state index in [4.69, 9.17) is 14.2 Å². The van der Waals surface area contributed by atoms with Crippen LogP contribution >= 0.6 is 0 Å². The molecule has 1 unspecified atom stereocenters. The second-order valence-corrected chi connectivity index (χ2v) is 17.1. The summed E-state index contributed by atoms with van der Waals surface area (Å²) in [6.45, 7) is 11.3. The number of hydrogen-bond acceptors (Lipinski definition) is 6. The maximum absolute atomic E-state index is 12.7. The molecule has 6 nitrogen and oxygen atoms in total. The van der Waals surface area contributed by atoms with E-state index in [0.717, 1.165) is 69.6 Å². The lowest BCUT2D eigenvalue weighted by atomic mass is 9.99. The van der Waals surface area contributed by atoms with Crippen LogP contribution < -0.4 is 0 Å². The first-order chi connectivity index (χ1) is 26.3. The van der Waals surface area contributed by atoms with Crippen LogP contribution in [0.2, 0.25) is 0 Å². The first-order valence-electron chi connectivity index (χ1n) is 23.8. The molecule has 0 spiro atoms. The fraction of sp³-hybridized carbons (Fsp3) is 0.938. The molecule has 0 saturated heterocycles. The van der Waals surface area contributed by atoms with E-state index in [2.05, 4.69) is 34.6 Å². The molecule has 0 aromatic heterocycles. The molecular weight excluding hydrogens is 673 g/mol. The molecule has 320 valence electrons. The molecule has 0 bridgehead atoms. The maximum atomic E-state index is 12.7. The third kappa shape index (κ3) is 40.1. The van der Waals surface area contributed by atoms with E-state index >= 15 is 0 Å². The highest BCUT2D eigenvalue weighted by Gasteiger charge is 2.19. The van der Waals surface area contributed by atoms with Crippen LogP contribution in [0.1, 0.15) is 259 Å². The Bertz CT molecular complexity index is 826. The summed E-state index contributed by atoms with van der Waals surface area (Å²) in [6, 6.07) is 0.